The number of halogens is 1. The van der Waals surface area contributed by atoms with Gasteiger partial charge >= 0.3 is 0 Å². The lowest BCUT2D eigenvalue weighted by Gasteiger charge is -2.26. The van der Waals surface area contributed by atoms with Crippen LogP contribution in [0, 0.1) is 0 Å². The number of likely N-dealkylation sites (tertiary alicyclic amines) is 1. The van der Waals surface area contributed by atoms with Crippen molar-refractivity contribution < 1.29 is 14.4 Å². The molecule has 6 heteroatoms. The number of amides is 1. The summed E-state index contributed by atoms with van der Waals surface area (Å²) >= 11 is 5.87. The second-order valence-corrected chi connectivity index (χ2v) is 7.89. The fourth-order valence-corrected chi connectivity index (χ4v) is 3.75. The summed E-state index contributed by atoms with van der Waals surface area (Å²) in [5, 5.41) is 3.70. The van der Waals surface area contributed by atoms with Crippen molar-refractivity contribution in [2.24, 2.45) is 0 Å². The van der Waals surface area contributed by atoms with E-state index in [0.717, 1.165) is 13.1 Å². The van der Waals surface area contributed by atoms with E-state index in [4.69, 9.17) is 16.3 Å². The standard InChI is InChI=1S/C22H28ClN3O2/c1-25(2)19-9-5-17(6-10-19)21(26-13-3-4-14-26)15-24-22(27)16-28-20-11-7-18(23)8-12-20/h5-12,21H,3-4,13-16H2,1-2H3,(H,24,27)/p+1/t21-/m1/s1. The van der Waals surface area contributed by atoms with Crippen molar-refractivity contribution in [3.8, 4) is 5.75 Å². The molecule has 2 aromatic carbocycles. The van der Waals surface area contributed by atoms with Crippen molar-refractivity contribution >= 4 is 23.2 Å². The highest BCUT2D eigenvalue weighted by Crippen LogP contribution is 2.17. The predicted octanol–water partition coefficient (Wildman–Crippen LogP) is 2.32. The van der Waals surface area contributed by atoms with Crippen LogP contribution in [0.25, 0.3) is 0 Å². The maximum atomic E-state index is 12.3. The van der Waals surface area contributed by atoms with E-state index in [2.05, 4.69) is 34.5 Å². The van der Waals surface area contributed by atoms with Crippen LogP contribution in [0.5, 0.6) is 5.75 Å². The summed E-state index contributed by atoms with van der Waals surface area (Å²) < 4.78 is 5.55. The average molecular weight is 403 g/mol. The first-order valence-electron chi connectivity index (χ1n) is 9.80. The number of anilines is 1. The maximum absolute atomic E-state index is 12.3. The third-order valence-electron chi connectivity index (χ3n) is 5.24. The molecule has 0 bridgehead atoms. The van der Waals surface area contributed by atoms with Crippen LogP contribution in [0.1, 0.15) is 24.4 Å². The molecule has 1 amide bonds. The van der Waals surface area contributed by atoms with E-state index in [-0.39, 0.29) is 18.6 Å². The Balaban J connectivity index is 1.58. The lowest BCUT2D eigenvalue weighted by Crippen LogP contribution is -3.11. The first kappa shape index (κ1) is 20.5. The minimum Gasteiger partial charge on any atom is -0.484 e. The topological polar surface area (TPSA) is 46.0 Å². The van der Waals surface area contributed by atoms with Crippen LogP contribution in [-0.2, 0) is 4.79 Å². The summed E-state index contributed by atoms with van der Waals surface area (Å²) in [5.74, 6) is 0.531. The highest BCUT2D eigenvalue weighted by atomic mass is 35.5. The molecule has 2 aromatic rings. The number of hydrogen-bond acceptors (Lipinski definition) is 3. The van der Waals surface area contributed by atoms with E-state index in [1.54, 1.807) is 24.3 Å². The Hall–Kier alpha value is -2.24. The van der Waals surface area contributed by atoms with Crippen molar-refractivity contribution in [3.63, 3.8) is 0 Å². The third-order valence-corrected chi connectivity index (χ3v) is 5.49. The number of ether oxygens (including phenoxy) is 1. The molecule has 1 saturated heterocycles. The molecule has 0 radical (unpaired) electrons. The first-order chi connectivity index (χ1) is 13.5. The number of carbonyl (C=O) groups excluding carboxylic acids is 1. The van der Waals surface area contributed by atoms with Gasteiger partial charge in [-0.05, 0) is 36.4 Å². The molecule has 0 saturated carbocycles. The molecule has 28 heavy (non-hydrogen) atoms. The van der Waals surface area contributed by atoms with Gasteiger partial charge in [0, 0.05) is 43.2 Å². The normalized spacial score (nSPS) is 15.2. The summed E-state index contributed by atoms with van der Waals surface area (Å²) in [6, 6.07) is 15.9. The summed E-state index contributed by atoms with van der Waals surface area (Å²) in [6.07, 6.45) is 2.49. The van der Waals surface area contributed by atoms with Gasteiger partial charge in [-0.25, -0.2) is 0 Å². The van der Waals surface area contributed by atoms with Crippen molar-refractivity contribution in [2.45, 2.75) is 18.9 Å². The molecule has 0 unspecified atom stereocenters. The maximum Gasteiger partial charge on any atom is 0.258 e. The van der Waals surface area contributed by atoms with Gasteiger partial charge in [-0.2, -0.15) is 0 Å². The molecule has 2 N–H and O–H groups in total. The molecule has 1 aliphatic heterocycles. The fraction of sp³-hybridized carbons (Fsp3) is 0.409. The molecular formula is C22H29ClN3O2+. The first-order valence-corrected chi connectivity index (χ1v) is 10.2. The van der Waals surface area contributed by atoms with Gasteiger partial charge in [-0.1, -0.05) is 23.7 Å². The highest BCUT2D eigenvalue weighted by molar-refractivity contribution is 6.30. The number of benzene rings is 2. The zero-order chi connectivity index (χ0) is 19.9. The van der Waals surface area contributed by atoms with Gasteiger partial charge in [0.05, 0.1) is 19.6 Å². The molecule has 150 valence electrons. The van der Waals surface area contributed by atoms with Crippen LogP contribution in [0.2, 0.25) is 5.02 Å². The molecule has 0 spiro atoms. The van der Waals surface area contributed by atoms with E-state index in [9.17, 15) is 4.79 Å². The van der Waals surface area contributed by atoms with Crippen LogP contribution >= 0.6 is 11.6 Å². The van der Waals surface area contributed by atoms with Gasteiger partial charge in [-0.3, -0.25) is 4.79 Å². The third kappa shape index (κ3) is 5.63. The highest BCUT2D eigenvalue weighted by Gasteiger charge is 2.27. The SMILES string of the molecule is CN(C)c1ccc([C@@H](CNC(=O)COc2ccc(Cl)cc2)[NH+]2CCCC2)cc1. The molecule has 1 aliphatic rings. The summed E-state index contributed by atoms with van der Waals surface area (Å²) in [4.78, 5) is 15.9. The molecule has 1 atom stereocenters. The van der Waals surface area contributed by atoms with E-state index in [1.165, 1.54) is 29.0 Å². The van der Waals surface area contributed by atoms with Crippen LogP contribution in [-0.4, -0.2) is 46.2 Å². The van der Waals surface area contributed by atoms with Crippen molar-refractivity contribution in [3.05, 3.63) is 59.1 Å². The number of carbonyl (C=O) groups is 1. The molecular weight excluding hydrogens is 374 g/mol. The van der Waals surface area contributed by atoms with Crippen LogP contribution in [0.3, 0.4) is 0 Å². The summed E-state index contributed by atoms with van der Waals surface area (Å²) in [7, 11) is 4.08. The van der Waals surface area contributed by atoms with Crippen molar-refractivity contribution in [2.75, 3.05) is 45.2 Å². The smallest absolute Gasteiger partial charge is 0.258 e. The summed E-state index contributed by atoms with van der Waals surface area (Å²) in [6.45, 7) is 2.91. The largest absolute Gasteiger partial charge is 0.484 e. The number of hydrogen-bond donors (Lipinski definition) is 2. The Morgan fingerprint density at radius 3 is 2.36 bits per heavy atom. The van der Waals surface area contributed by atoms with Crippen LogP contribution < -0.4 is 19.9 Å². The van der Waals surface area contributed by atoms with Gasteiger partial charge in [0.15, 0.2) is 6.61 Å². The Bertz CT molecular complexity index is 756. The number of quaternary nitrogens is 1. The van der Waals surface area contributed by atoms with Gasteiger partial charge in [0.1, 0.15) is 11.8 Å². The lowest BCUT2D eigenvalue weighted by atomic mass is 10.0. The van der Waals surface area contributed by atoms with Crippen LogP contribution in [0.4, 0.5) is 5.69 Å². The molecule has 0 aliphatic carbocycles. The lowest BCUT2D eigenvalue weighted by molar-refractivity contribution is -0.918. The van der Waals surface area contributed by atoms with Crippen molar-refractivity contribution in [1.29, 1.82) is 0 Å². The van der Waals surface area contributed by atoms with Gasteiger partial charge in [0.2, 0.25) is 0 Å². The van der Waals surface area contributed by atoms with Gasteiger partial charge < -0.3 is 19.9 Å². The van der Waals surface area contributed by atoms with Gasteiger partial charge in [-0.15, -0.1) is 0 Å². The fourth-order valence-electron chi connectivity index (χ4n) is 3.63. The molecule has 3 rings (SSSR count). The predicted molar refractivity (Wildman–Crippen MR) is 113 cm³/mol. The van der Waals surface area contributed by atoms with Crippen LogP contribution in [0.15, 0.2) is 48.5 Å². The van der Waals surface area contributed by atoms with E-state index >= 15 is 0 Å². The minimum absolute atomic E-state index is 0.00323. The molecule has 0 aromatic heterocycles. The van der Waals surface area contributed by atoms with E-state index < -0.39 is 0 Å². The molecule has 5 nitrogen and oxygen atoms in total. The van der Waals surface area contributed by atoms with Crippen molar-refractivity contribution in [1.82, 2.24) is 5.32 Å². The van der Waals surface area contributed by atoms with E-state index in [1.807, 2.05) is 14.1 Å². The Morgan fingerprint density at radius 2 is 1.75 bits per heavy atom. The Labute approximate surface area is 172 Å². The second-order valence-electron chi connectivity index (χ2n) is 7.45. The zero-order valence-corrected chi connectivity index (χ0v) is 17.3. The Kier molecular flexibility index (Phi) is 7.18. The zero-order valence-electron chi connectivity index (χ0n) is 16.6. The van der Waals surface area contributed by atoms with Gasteiger partial charge in [0.25, 0.3) is 5.91 Å². The molecule has 1 fully saturated rings. The number of rotatable bonds is 8. The average Bonchev–Trinajstić information content (AvgIpc) is 3.22. The summed E-state index contributed by atoms with van der Waals surface area (Å²) in [5.41, 5.74) is 2.45. The minimum atomic E-state index is -0.108. The van der Waals surface area contributed by atoms with E-state index in [0.29, 0.717) is 17.3 Å². The second kappa shape index (κ2) is 9.80. The quantitative estimate of drug-likeness (QED) is 0.712. The number of nitrogens with one attached hydrogen (secondary N) is 2. The molecule has 1 heterocycles. The monoisotopic (exact) mass is 402 g/mol. The Morgan fingerprint density at radius 1 is 1.11 bits per heavy atom. The number of nitrogens with zero attached hydrogens (tertiary/aromatic N) is 1.